The van der Waals surface area contributed by atoms with Gasteiger partial charge in [0.2, 0.25) is 0 Å². The molecular formula is C20H24N4O. The molecule has 5 nitrogen and oxygen atoms in total. The summed E-state index contributed by atoms with van der Waals surface area (Å²) in [7, 11) is 3.93. The lowest BCUT2D eigenvalue weighted by Crippen LogP contribution is -2.44. The fourth-order valence-electron chi connectivity index (χ4n) is 3.60. The third-order valence-electron chi connectivity index (χ3n) is 5.04. The Morgan fingerprint density at radius 1 is 1.08 bits per heavy atom. The van der Waals surface area contributed by atoms with Crippen LogP contribution in [-0.4, -0.2) is 55.2 Å². The van der Waals surface area contributed by atoms with Gasteiger partial charge < -0.3 is 19.5 Å². The minimum absolute atomic E-state index is 0.918. The van der Waals surface area contributed by atoms with Gasteiger partial charge in [0.1, 0.15) is 11.4 Å². The van der Waals surface area contributed by atoms with E-state index in [1.807, 2.05) is 12.4 Å². The summed E-state index contributed by atoms with van der Waals surface area (Å²) in [6.45, 7) is 6.40. The predicted molar refractivity (Wildman–Crippen MR) is 103 cm³/mol. The highest BCUT2D eigenvalue weighted by Crippen LogP contribution is 2.37. The molecule has 1 aliphatic heterocycles. The molecule has 1 aliphatic rings. The van der Waals surface area contributed by atoms with Crippen LogP contribution in [0.5, 0.6) is 5.75 Å². The molecule has 3 heterocycles. The van der Waals surface area contributed by atoms with E-state index in [-0.39, 0.29) is 0 Å². The zero-order chi connectivity index (χ0) is 17.4. The van der Waals surface area contributed by atoms with Crippen molar-refractivity contribution in [3.63, 3.8) is 0 Å². The van der Waals surface area contributed by atoms with Gasteiger partial charge in [-0.25, -0.2) is 4.98 Å². The first-order chi connectivity index (χ1) is 12.2. The van der Waals surface area contributed by atoms with Crippen molar-refractivity contribution in [3.8, 4) is 16.9 Å². The standard InChI is InChI=1S/C20H24N4O/c1-14-10-16(17-11-15-4-5-21-20(15)22-13-17)12-18(25-3)19(14)24-8-6-23(2)7-9-24/h4-5,10-13H,6-9H2,1-3H3,(H,21,22). The van der Waals surface area contributed by atoms with Crippen LogP contribution in [0.25, 0.3) is 22.2 Å². The molecule has 25 heavy (non-hydrogen) atoms. The fraction of sp³-hybridized carbons (Fsp3) is 0.350. The molecule has 0 amide bonds. The summed E-state index contributed by atoms with van der Waals surface area (Å²) in [6.07, 6.45) is 3.84. The van der Waals surface area contributed by atoms with Crippen LogP contribution >= 0.6 is 0 Å². The Morgan fingerprint density at radius 2 is 1.88 bits per heavy atom. The van der Waals surface area contributed by atoms with Crippen LogP contribution in [0.4, 0.5) is 5.69 Å². The fourth-order valence-corrected chi connectivity index (χ4v) is 3.60. The van der Waals surface area contributed by atoms with Crippen molar-refractivity contribution in [2.45, 2.75) is 6.92 Å². The number of hydrogen-bond acceptors (Lipinski definition) is 4. The van der Waals surface area contributed by atoms with E-state index in [2.05, 4.69) is 58.0 Å². The van der Waals surface area contributed by atoms with E-state index in [4.69, 9.17) is 4.74 Å². The van der Waals surface area contributed by atoms with Gasteiger partial charge in [-0.05, 0) is 49.4 Å². The Labute approximate surface area is 148 Å². The Morgan fingerprint density at radius 3 is 2.64 bits per heavy atom. The van der Waals surface area contributed by atoms with Gasteiger partial charge >= 0.3 is 0 Å². The molecule has 1 N–H and O–H groups in total. The maximum Gasteiger partial charge on any atom is 0.143 e. The number of likely N-dealkylation sites (N-methyl/N-ethyl adjacent to an activating group) is 1. The number of benzene rings is 1. The Hall–Kier alpha value is -2.53. The van der Waals surface area contributed by atoms with Gasteiger partial charge in [-0.15, -0.1) is 0 Å². The lowest BCUT2D eigenvalue weighted by atomic mass is 10.0. The first-order valence-corrected chi connectivity index (χ1v) is 8.71. The van der Waals surface area contributed by atoms with E-state index in [9.17, 15) is 0 Å². The van der Waals surface area contributed by atoms with Crippen LogP contribution in [0.1, 0.15) is 5.56 Å². The number of nitrogens with one attached hydrogen (secondary N) is 1. The van der Waals surface area contributed by atoms with Crippen molar-refractivity contribution in [2.24, 2.45) is 0 Å². The number of ether oxygens (including phenoxy) is 1. The van der Waals surface area contributed by atoms with Crippen molar-refractivity contribution >= 4 is 16.7 Å². The van der Waals surface area contributed by atoms with Crippen molar-refractivity contribution in [3.05, 3.63) is 42.2 Å². The molecule has 0 unspecified atom stereocenters. The minimum Gasteiger partial charge on any atom is -0.495 e. The number of piperazine rings is 1. The van der Waals surface area contributed by atoms with Crippen LogP contribution in [0.2, 0.25) is 0 Å². The first-order valence-electron chi connectivity index (χ1n) is 8.71. The predicted octanol–water partition coefficient (Wildman–Crippen LogP) is 3.30. The van der Waals surface area contributed by atoms with Crippen LogP contribution in [0.3, 0.4) is 0 Å². The molecule has 0 atom stereocenters. The van der Waals surface area contributed by atoms with Crippen molar-refractivity contribution in [1.82, 2.24) is 14.9 Å². The summed E-state index contributed by atoms with van der Waals surface area (Å²) in [5.41, 5.74) is 5.63. The number of fused-ring (bicyclic) bond motifs is 1. The zero-order valence-corrected chi connectivity index (χ0v) is 15.0. The third kappa shape index (κ3) is 2.96. The Kier molecular flexibility index (Phi) is 4.09. The lowest BCUT2D eigenvalue weighted by Gasteiger charge is -2.35. The molecule has 5 heteroatoms. The highest BCUT2D eigenvalue weighted by molar-refractivity contribution is 5.83. The monoisotopic (exact) mass is 336 g/mol. The minimum atomic E-state index is 0.918. The second-order valence-electron chi connectivity index (χ2n) is 6.77. The van der Waals surface area contributed by atoms with E-state index in [1.165, 1.54) is 11.3 Å². The second-order valence-corrected chi connectivity index (χ2v) is 6.77. The Balaban J connectivity index is 1.74. The highest BCUT2D eigenvalue weighted by atomic mass is 16.5. The van der Waals surface area contributed by atoms with E-state index >= 15 is 0 Å². The van der Waals surface area contributed by atoms with Gasteiger partial charge in [0, 0.05) is 49.5 Å². The number of hydrogen-bond donors (Lipinski definition) is 1. The van der Waals surface area contributed by atoms with Crippen molar-refractivity contribution in [2.75, 3.05) is 45.2 Å². The molecule has 1 fully saturated rings. The van der Waals surface area contributed by atoms with Gasteiger partial charge in [0.05, 0.1) is 12.8 Å². The molecule has 0 aliphatic carbocycles. The average Bonchev–Trinajstić information content (AvgIpc) is 3.09. The number of H-pyrrole nitrogens is 1. The zero-order valence-electron chi connectivity index (χ0n) is 15.0. The van der Waals surface area contributed by atoms with E-state index in [1.54, 1.807) is 7.11 Å². The van der Waals surface area contributed by atoms with Gasteiger partial charge in [-0.2, -0.15) is 0 Å². The normalized spacial score (nSPS) is 15.7. The van der Waals surface area contributed by atoms with Gasteiger partial charge in [0.25, 0.3) is 0 Å². The Bertz CT molecular complexity index is 894. The van der Waals surface area contributed by atoms with Crippen molar-refractivity contribution < 1.29 is 4.74 Å². The van der Waals surface area contributed by atoms with Gasteiger partial charge in [0.15, 0.2) is 0 Å². The lowest BCUT2D eigenvalue weighted by molar-refractivity contribution is 0.311. The maximum absolute atomic E-state index is 5.76. The topological polar surface area (TPSA) is 44.4 Å². The summed E-state index contributed by atoms with van der Waals surface area (Å²) in [5.74, 6) is 0.939. The molecule has 0 saturated carbocycles. The van der Waals surface area contributed by atoms with Crippen molar-refractivity contribution in [1.29, 1.82) is 0 Å². The summed E-state index contributed by atoms with van der Waals surface area (Å²) >= 11 is 0. The quantitative estimate of drug-likeness (QED) is 0.797. The number of aromatic nitrogens is 2. The SMILES string of the molecule is COc1cc(-c2cnc3[nH]ccc3c2)cc(C)c1N1CCN(C)CC1. The molecule has 0 radical (unpaired) electrons. The summed E-state index contributed by atoms with van der Waals surface area (Å²) in [6, 6.07) is 8.60. The maximum atomic E-state index is 5.76. The molecular weight excluding hydrogens is 312 g/mol. The van der Waals surface area contributed by atoms with Crippen LogP contribution in [0, 0.1) is 6.92 Å². The van der Waals surface area contributed by atoms with Crippen LogP contribution in [0.15, 0.2) is 36.7 Å². The number of rotatable bonds is 3. The number of pyridine rings is 1. The number of aromatic amines is 1. The molecule has 0 spiro atoms. The average molecular weight is 336 g/mol. The summed E-state index contributed by atoms with van der Waals surface area (Å²) in [4.78, 5) is 12.5. The molecule has 1 saturated heterocycles. The molecule has 130 valence electrons. The van der Waals surface area contributed by atoms with Crippen LogP contribution < -0.4 is 9.64 Å². The molecule has 0 bridgehead atoms. The number of nitrogens with zero attached hydrogens (tertiary/aromatic N) is 3. The molecule has 1 aromatic carbocycles. The van der Waals surface area contributed by atoms with E-state index < -0.39 is 0 Å². The molecule has 3 aromatic rings. The van der Waals surface area contributed by atoms with Gasteiger partial charge in [-0.3, -0.25) is 0 Å². The molecule has 4 rings (SSSR count). The van der Waals surface area contributed by atoms with Gasteiger partial charge in [-0.1, -0.05) is 0 Å². The second kappa shape index (κ2) is 6.41. The van der Waals surface area contributed by atoms with E-state index in [0.717, 1.165) is 54.1 Å². The number of anilines is 1. The number of aryl methyl sites for hydroxylation is 1. The third-order valence-corrected chi connectivity index (χ3v) is 5.04. The molecule has 2 aromatic heterocycles. The summed E-state index contributed by atoms with van der Waals surface area (Å²) < 4.78 is 5.76. The van der Waals surface area contributed by atoms with Crippen LogP contribution in [-0.2, 0) is 0 Å². The summed E-state index contributed by atoms with van der Waals surface area (Å²) in [5, 5.41) is 1.12. The highest BCUT2D eigenvalue weighted by Gasteiger charge is 2.20. The smallest absolute Gasteiger partial charge is 0.143 e. The first kappa shape index (κ1) is 16.0. The largest absolute Gasteiger partial charge is 0.495 e. The van der Waals surface area contributed by atoms with E-state index in [0.29, 0.717) is 0 Å². The number of methoxy groups -OCH3 is 1.